The zero-order valence-corrected chi connectivity index (χ0v) is 21.7. The van der Waals surface area contributed by atoms with Crippen molar-refractivity contribution in [2.45, 2.75) is 38.5 Å². The number of hydrogen-bond donors (Lipinski definition) is 1. The molecule has 9 nitrogen and oxygen atoms in total. The minimum absolute atomic E-state index is 0. The maximum atomic E-state index is 12.7. The van der Waals surface area contributed by atoms with Crippen LogP contribution in [0.5, 0.6) is 11.5 Å². The summed E-state index contributed by atoms with van der Waals surface area (Å²) in [5.41, 5.74) is 3.13. The molecule has 1 fully saturated rings. The summed E-state index contributed by atoms with van der Waals surface area (Å²) in [5, 5.41) is 4.87. The Hall–Kier alpha value is -3.27. The van der Waals surface area contributed by atoms with Crippen molar-refractivity contribution in [1.29, 1.82) is 0 Å². The molecule has 2 aromatic rings. The smallest absolute Gasteiger partial charge is 0.489 e. The highest BCUT2D eigenvalue weighted by Crippen LogP contribution is 2.28. The predicted molar refractivity (Wildman–Crippen MR) is 139 cm³/mol. The first kappa shape index (κ1) is 28.3. The number of esters is 1. The van der Waals surface area contributed by atoms with Gasteiger partial charge in [0.05, 0.1) is 13.2 Å². The van der Waals surface area contributed by atoms with Crippen molar-refractivity contribution < 1.29 is 33.4 Å². The zero-order valence-electron chi connectivity index (χ0n) is 20.9. The van der Waals surface area contributed by atoms with Gasteiger partial charge in [-0.05, 0) is 55.3 Å². The van der Waals surface area contributed by atoms with Gasteiger partial charge < -0.3 is 29.1 Å². The van der Waals surface area contributed by atoms with Gasteiger partial charge in [0, 0.05) is 25.1 Å². The van der Waals surface area contributed by atoms with E-state index >= 15 is 0 Å². The van der Waals surface area contributed by atoms with Crippen LogP contribution in [0.2, 0.25) is 0 Å². The first-order chi connectivity index (χ1) is 17.6. The number of fused-ring (bicyclic) bond motifs is 1. The summed E-state index contributed by atoms with van der Waals surface area (Å²) in [5.74, 6) is 0.810. The van der Waals surface area contributed by atoms with E-state index in [1.807, 2.05) is 12.1 Å². The quantitative estimate of drug-likeness (QED) is 0.357. The molecule has 200 valence electrons. The molecule has 0 aliphatic carbocycles. The van der Waals surface area contributed by atoms with Crippen molar-refractivity contribution in [2.75, 3.05) is 32.8 Å². The average molecular weight is 533 g/mol. The molecular weight excluding hydrogens is 500 g/mol. The molecule has 0 radical (unpaired) electrons. The molecule has 0 bridgehead atoms. The number of rotatable bonds is 10. The number of nitrogens with zero attached hydrogens (tertiary/aromatic N) is 1. The Kier molecular flexibility index (Phi) is 10.6. The second-order valence-corrected chi connectivity index (χ2v) is 8.53. The molecule has 10 heteroatoms. The fraction of sp³-hybridized carbons (Fsp3) is 0.407. The standard InChI is InChI=1S/C27H32N2O7.ClH/c1-3-15-33-27(31)36-29-14-12-24(18-29)34-22-8-6-20(7-9-22)25(26(30)32-4-2)35-23-10-5-19-11-13-28-17-21(19)16-23;/h3,5-10,16,24-25,28H,1,4,11-15,17-18H2,2H3;1H/t24-,25?;/m0./s1. The molecule has 37 heavy (non-hydrogen) atoms. The van der Waals surface area contributed by atoms with Gasteiger partial charge in [0.1, 0.15) is 24.2 Å². The fourth-order valence-corrected chi connectivity index (χ4v) is 4.19. The molecule has 1 saturated heterocycles. The Morgan fingerprint density at radius 1 is 1.14 bits per heavy atom. The van der Waals surface area contributed by atoms with E-state index in [1.165, 1.54) is 22.3 Å². The van der Waals surface area contributed by atoms with Crippen LogP contribution in [0.25, 0.3) is 0 Å². The maximum Gasteiger partial charge on any atom is 0.528 e. The molecule has 2 heterocycles. The number of ether oxygens (including phenoxy) is 4. The molecule has 0 saturated carbocycles. The monoisotopic (exact) mass is 532 g/mol. The largest absolute Gasteiger partial charge is 0.528 e. The van der Waals surface area contributed by atoms with Crippen LogP contribution in [-0.2, 0) is 32.1 Å². The van der Waals surface area contributed by atoms with E-state index in [2.05, 4.69) is 18.0 Å². The van der Waals surface area contributed by atoms with Gasteiger partial charge in [-0.1, -0.05) is 30.9 Å². The molecule has 1 unspecified atom stereocenters. The van der Waals surface area contributed by atoms with Gasteiger partial charge in [0.15, 0.2) is 0 Å². The molecule has 1 N–H and O–H groups in total. The third-order valence-corrected chi connectivity index (χ3v) is 5.93. The Balaban J connectivity index is 0.00000380. The Bertz CT molecular complexity index is 1060. The normalized spacial score (nSPS) is 17.5. The topological polar surface area (TPSA) is 95.6 Å². The zero-order chi connectivity index (χ0) is 25.3. The summed E-state index contributed by atoms with van der Waals surface area (Å²) in [6.45, 7) is 8.32. The predicted octanol–water partition coefficient (Wildman–Crippen LogP) is 4.14. The van der Waals surface area contributed by atoms with Gasteiger partial charge in [-0.3, -0.25) is 0 Å². The van der Waals surface area contributed by atoms with E-state index in [0.717, 1.165) is 19.5 Å². The lowest BCUT2D eigenvalue weighted by molar-refractivity contribution is -0.151. The summed E-state index contributed by atoms with van der Waals surface area (Å²) in [4.78, 5) is 29.5. The lowest BCUT2D eigenvalue weighted by Gasteiger charge is -2.21. The Labute approximate surface area is 223 Å². The van der Waals surface area contributed by atoms with E-state index < -0.39 is 18.2 Å². The Morgan fingerprint density at radius 3 is 2.68 bits per heavy atom. The minimum atomic E-state index is -0.898. The van der Waals surface area contributed by atoms with Gasteiger partial charge in [-0.2, -0.15) is 0 Å². The van der Waals surface area contributed by atoms with Crippen LogP contribution in [0.15, 0.2) is 55.1 Å². The highest BCUT2D eigenvalue weighted by molar-refractivity contribution is 5.85. The summed E-state index contributed by atoms with van der Waals surface area (Å²) in [6, 6.07) is 13.1. The highest BCUT2D eigenvalue weighted by atomic mass is 35.5. The molecule has 0 amide bonds. The van der Waals surface area contributed by atoms with E-state index in [1.54, 1.807) is 31.2 Å². The van der Waals surface area contributed by atoms with Crippen LogP contribution < -0.4 is 14.8 Å². The third kappa shape index (κ3) is 7.85. The molecule has 2 aliphatic heterocycles. The molecular formula is C27H33ClN2O7. The molecule has 2 atom stereocenters. The lowest BCUT2D eigenvalue weighted by atomic mass is 10.0. The number of nitrogens with one attached hydrogen (secondary N) is 1. The van der Waals surface area contributed by atoms with Crippen molar-refractivity contribution in [2.24, 2.45) is 0 Å². The van der Waals surface area contributed by atoms with E-state index in [-0.39, 0.29) is 31.7 Å². The van der Waals surface area contributed by atoms with Crippen molar-refractivity contribution in [3.05, 3.63) is 71.8 Å². The van der Waals surface area contributed by atoms with Crippen molar-refractivity contribution in [3.8, 4) is 11.5 Å². The summed E-state index contributed by atoms with van der Waals surface area (Å²) in [6.07, 6.45) is 1.33. The minimum Gasteiger partial charge on any atom is -0.489 e. The van der Waals surface area contributed by atoms with Gasteiger partial charge in [-0.25, -0.2) is 9.59 Å². The van der Waals surface area contributed by atoms with E-state index in [9.17, 15) is 9.59 Å². The maximum absolute atomic E-state index is 12.7. The summed E-state index contributed by atoms with van der Waals surface area (Å²) < 4.78 is 22.3. The van der Waals surface area contributed by atoms with Crippen molar-refractivity contribution in [3.63, 3.8) is 0 Å². The molecule has 0 spiro atoms. The van der Waals surface area contributed by atoms with Gasteiger partial charge >= 0.3 is 12.1 Å². The van der Waals surface area contributed by atoms with Crippen LogP contribution in [0.3, 0.4) is 0 Å². The van der Waals surface area contributed by atoms with Crippen LogP contribution in [0, 0.1) is 0 Å². The van der Waals surface area contributed by atoms with Crippen LogP contribution in [0.1, 0.15) is 36.1 Å². The first-order valence-corrected chi connectivity index (χ1v) is 12.2. The number of benzene rings is 2. The molecule has 0 aromatic heterocycles. The summed E-state index contributed by atoms with van der Waals surface area (Å²) in [7, 11) is 0. The van der Waals surface area contributed by atoms with E-state index in [4.69, 9.17) is 23.8 Å². The lowest BCUT2D eigenvalue weighted by Crippen LogP contribution is -2.28. The fourth-order valence-electron chi connectivity index (χ4n) is 4.19. The SMILES string of the molecule is C=CCOC(=O)ON1CC[C@H](Oc2ccc(C(Oc3ccc4c(c3)CNCC4)C(=O)OCC)cc2)C1.Cl. The molecule has 4 rings (SSSR count). The third-order valence-electron chi connectivity index (χ3n) is 5.93. The van der Waals surface area contributed by atoms with Crippen LogP contribution in [0.4, 0.5) is 4.79 Å². The average Bonchev–Trinajstić information content (AvgIpc) is 3.33. The number of hydrogen-bond acceptors (Lipinski definition) is 9. The number of carbonyl (C=O) groups is 2. The highest BCUT2D eigenvalue weighted by Gasteiger charge is 2.28. The van der Waals surface area contributed by atoms with Crippen LogP contribution in [-0.4, -0.2) is 56.1 Å². The van der Waals surface area contributed by atoms with Crippen molar-refractivity contribution >= 4 is 24.5 Å². The molecule has 2 aromatic carbocycles. The first-order valence-electron chi connectivity index (χ1n) is 12.2. The molecule has 2 aliphatic rings. The Morgan fingerprint density at radius 2 is 1.92 bits per heavy atom. The van der Waals surface area contributed by atoms with E-state index in [0.29, 0.717) is 36.6 Å². The van der Waals surface area contributed by atoms with Crippen LogP contribution >= 0.6 is 12.4 Å². The van der Waals surface area contributed by atoms with Gasteiger partial charge in [0.2, 0.25) is 6.10 Å². The number of hydroxylamine groups is 2. The number of carbonyl (C=O) groups excluding carboxylic acids is 2. The summed E-state index contributed by atoms with van der Waals surface area (Å²) >= 11 is 0. The van der Waals surface area contributed by atoms with Gasteiger partial charge in [-0.15, -0.1) is 17.5 Å². The van der Waals surface area contributed by atoms with Crippen molar-refractivity contribution in [1.82, 2.24) is 10.4 Å². The second-order valence-electron chi connectivity index (χ2n) is 8.53. The van der Waals surface area contributed by atoms with Gasteiger partial charge in [0.25, 0.3) is 0 Å². The number of halogens is 1. The second kappa shape index (κ2) is 13.9.